The van der Waals surface area contributed by atoms with Gasteiger partial charge in [-0.2, -0.15) is 0 Å². The second-order valence-corrected chi connectivity index (χ2v) is 4.96. The number of rotatable bonds is 6. The van der Waals surface area contributed by atoms with Crippen LogP contribution in [0, 0.1) is 5.92 Å². The lowest BCUT2D eigenvalue weighted by molar-refractivity contribution is -0.117. The van der Waals surface area contributed by atoms with E-state index in [2.05, 4.69) is 6.92 Å². The van der Waals surface area contributed by atoms with E-state index in [0.717, 1.165) is 25.7 Å². The van der Waals surface area contributed by atoms with Crippen molar-refractivity contribution >= 4 is 16.6 Å². The van der Waals surface area contributed by atoms with Crippen molar-refractivity contribution in [3.8, 4) is 0 Å². The molecule has 0 heterocycles. The normalized spacial score (nSPS) is 19.1. The van der Waals surface area contributed by atoms with Crippen LogP contribution in [-0.4, -0.2) is 21.5 Å². The van der Waals surface area contributed by atoms with Crippen molar-refractivity contribution in [2.75, 3.05) is 11.5 Å². The minimum absolute atomic E-state index is 0.226. The molecule has 1 fully saturated rings. The average molecular weight is 188 g/mol. The number of hydrogen-bond acceptors (Lipinski definition) is 2. The molecule has 0 aromatic heterocycles. The van der Waals surface area contributed by atoms with Gasteiger partial charge in [-0.3, -0.25) is 9.00 Å². The minimum Gasteiger partial charge on any atom is -0.298 e. The maximum Gasteiger partial charge on any atom is 0.148 e. The highest BCUT2D eigenvalue weighted by atomic mass is 32.2. The smallest absolute Gasteiger partial charge is 0.148 e. The maximum absolute atomic E-state index is 11.2. The molecule has 0 aliphatic heterocycles. The summed E-state index contributed by atoms with van der Waals surface area (Å²) >= 11 is 0. The van der Waals surface area contributed by atoms with E-state index in [0.29, 0.717) is 11.5 Å². The molecule has 2 nitrogen and oxygen atoms in total. The van der Waals surface area contributed by atoms with Gasteiger partial charge in [-0.05, 0) is 19.3 Å². The molecule has 3 heteroatoms. The largest absolute Gasteiger partial charge is 0.298 e. The van der Waals surface area contributed by atoms with Crippen molar-refractivity contribution in [1.29, 1.82) is 0 Å². The van der Waals surface area contributed by atoms with Gasteiger partial charge in [0.25, 0.3) is 0 Å². The Morgan fingerprint density at radius 3 is 2.67 bits per heavy atom. The highest BCUT2D eigenvalue weighted by Gasteiger charge is 2.29. The Balaban J connectivity index is 2.11. The van der Waals surface area contributed by atoms with Crippen molar-refractivity contribution in [1.82, 2.24) is 0 Å². The molecule has 0 amide bonds. The summed E-state index contributed by atoms with van der Waals surface area (Å²) < 4.78 is 11.2. The zero-order valence-corrected chi connectivity index (χ0v) is 8.36. The van der Waals surface area contributed by atoms with Crippen LogP contribution in [0.1, 0.15) is 32.6 Å². The quantitative estimate of drug-likeness (QED) is 0.633. The number of ketones is 1. The summed E-state index contributed by atoms with van der Waals surface area (Å²) in [4.78, 5) is 11.2. The minimum atomic E-state index is -0.880. The molecule has 1 aliphatic carbocycles. The molecule has 0 radical (unpaired) electrons. The van der Waals surface area contributed by atoms with E-state index in [1.165, 1.54) is 0 Å². The van der Waals surface area contributed by atoms with Crippen LogP contribution in [0.5, 0.6) is 0 Å². The van der Waals surface area contributed by atoms with Gasteiger partial charge >= 0.3 is 0 Å². The molecular weight excluding hydrogens is 172 g/mol. The van der Waals surface area contributed by atoms with Crippen molar-refractivity contribution in [2.45, 2.75) is 32.6 Å². The summed E-state index contributed by atoms with van der Waals surface area (Å²) in [5, 5.41) is 0. The lowest BCUT2D eigenvalue weighted by Crippen LogP contribution is -2.14. The molecule has 70 valence electrons. The second-order valence-electron chi connectivity index (χ2n) is 3.38. The maximum atomic E-state index is 11.2. The fourth-order valence-electron chi connectivity index (χ4n) is 1.06. The second kappa shape index (κ2) is 4.75. The molecule has 0 N–H and O–H groups in total. The standard InChI is InChI=1S/C9H16O2S/c1-2-3-6-12(11)7-9(10)8-4-5-8/h8H,2-7H2,1H3. The van der Waals surface area contributed by atoms with E-state index in [9.17, 15) is 9.00 Å². The summed E-state index contributed by atoms with van der Waals surface area (Å²) in [6.45, 7) is 2.07. The molecule has 0 aromatic carbocycles. The molecule has 1 aliphatic rings. The van der Waals surface area contributed by atoms with Crippen LogP contribution in [0.3, 0.4) is 0 Å². The van der Waals surface area contributed by atoms with Gasteiger partial charge in [0.15, 0.2) is 0 Å². The van der Waals surface area contributed by atoms with E-state index in [1.807, 2.05) is 0 Å². The van der Waals surface area contributed by atoms with Crippen LogP contribution in [0.4, 0.5) is 0 Å². The highest BCUT2D eigenvalue weighted by molar-refractivity contribution is 7.85. The molecule has 1 saturated carbocycles. The number of hydrogen-bond donors (Lipinski definition) is 0. The molecule has 0 aromatic rings. The molecule has 0 bridgehead atoms. The van der Waals surface area contributed by atoms with Gasteiger partial charge in [0.1, 0.15) is 5.78 Å². The first-order chi connectivity index (χ1) is 5.74. The summed E-state index contributed by atoms with van der Waals surface area (Å²) in [7, 11) is -0.880. The fraction of sp³-hybridized carbons (Fsp3) is 0.889. The molecule has 0 spiro atoms. The third kappa shape index (κ3) is 3.48. The topological polar surface area (TPSA) is 34.1 Å². The zero-order valence-electron chi connectivity index (χ0n) is 7.54. The van der Waals surface area contributed by atoms with E-state index >= 15 is 0 Å². The molecule has 1 rings (SSSR count). The van der Waals surface area contributed by atoms with Gasteiger partial charge < -0.3 is 0 Å². The Kier molecular flexibility index (Phi) is 3.92. The average Bonchev–Trinajstić information content (AvgIpc) is 2.82. The summed E-state index contributed by atoms with van der Waals surface area (Å²) in [5.74, 6) is 1.51. The Morgan fingerprint density at radius 1 is 1.50 bits per heavy atom. The first kappa shape index (κ1) is 9.90. The lowest BCUT2D eigenvalue weighted by Gasteiger charge is -1.98. The van der Waals surface area contributed by atoms with E-state index in [4.69, 9.17) is 0 Å². The summed E-state index contributed by atoms with van der Waals surface area (Å²) in [6, 6.07) is 0. The molecule has 1 atom stereocenters. The van der Waals surface area contributed by atoms with Crippen LogP contribution in [0.15, 0.2) is 0 Å². The van der Waals surface area contributed by atoms with E-state index < -0.39 is 10.8 Å². The first-order valence-electron chi connectivity index (χ1n) is 4.61. The number of Topliss-reactive ketones (excluding diaryl/α,β-unsaturated/α-hetero) is 1. The number of unbranched alkanes of at least 4 members (excludes halogenated alkanes) is 1. The molecule has 1 unspecified atom stereocenters. The van der Waals surface area contributed by atoms with Crippen molar-refractivity contribution in [2.24, 2.45) is 5.92 Å². The number of carbonyl (C=O) groups excluding carboxylic acids is 1. The Labute approximate surface area is 76.2 Å². The Hall–Kier alpha value is -0.180. The molecular formula is C9H16O2S. The molecule has 12 heavy (non-hydrogen) atoms. The van der Waals surface area contributed by atoms with Crippen LogP contribution < -0.4 is 0 Å². The predicted molar refractivity (Wildman–Crippen MR) is 50.5 cm³/mol. The van der Waals surface area contributed by atoms with Crippen molar-refractivity contribution in [3.05, 3.63) is 0 Å². The summed E-state index contributed by atoms with van der Waals surface area (Å²) in [5.41, 5.74) is 0. The third-order valence-corrected chi connectivity index (χ3v) is 3.41. The Morgan fingerprint density at radius 2 is 2.17 bits per heavy atom. The van der Waals surface area contributed by atoms with Crippen LogP contribution in [0.2, 0.25) is 0 Å². The van der Waals surface area contributed by atoms with Gasteiger partial charge in [0, 0.05) is 22.5 Å². The van der Waals surface area contributed by atoms with Crippen molar-refractivity contribution < 1.29 is 9.00 Å². The highest BCUT2D eigenvalue weighted by Crippen LogP contribution is 2.29. The number of carbonyl (C=O) groups is 1. The van der Waals surface area contributed by atoms with Crippen LogP contribution in [0.25, 0.3) is 0 Å². The van der Waals surface area contributed by atoms with Gasteiger partial charge in [-0.15, -0.1) is 0 Å². The van der Waals surface area contributed by atoms with Gasteiger partial charge in [0.2, 0.25) is 0 Å². The first-order valence-corrected chi connectivity index (χ1v) is 6.10. The summed E-state index contributed by atoms with van der Waals surface area (Å²) in [6.07, 6.45) is 4.10. The van der Waals surface area contributed by atoms with Gasteiger partial charge in [-0.1, -0.05) is 13.3 Å². The van der Waals surface area contributed by atoms with Crippen LogP contribution in [-0.2, 0) is 15.6 Å². The molecule has 0 saturated heterocycles. The SMILES string of the molecule is CCCCS(=O)CC(=O)C1CC1. The van der Waals surface area contributed by atoms with E-state index in [-0.39, 0.29) is 11.7 Å². The third-order valence-electron chi connectivity index (χ3n) is 2.06. The monoisotopic (exact) mass is 188 g/mol. The van der Waals surface area contributed by atoms with Crippen LogP contribution >= 0.6 is 0 Å². The van der Waals surface area contributed by atoms with Gasteiger partial charge in [-0.25, -0.2) is 0 Å². The van der Waals surface area contributed by atoms with E-state index in [1.54, 1.807) is 0 Å². The zero-order chi connectivity index (χ0) is 8.97. The lowest BCUT2D eigenvalue weighted by atomic mass is 10.3. The van der Waals surface area contributed by atoms with Gasteiger partial charge in [0.05, 0.1) is 5.75 Å². The Bertz CT molecular complexity index is 185. The fourth-order valence-corrected chi connectivity index (χ4v) is 2.37. The van der Waals surface area contributed by atoms with Crippen molar-refractivity contribution in [3.63, 3.8) is 0 Å². The predicted octanol–water partition coefficient (Wildman–Crippen LogP) is 1.51.